The molecule has 0 aliphatic heterocycles. The molecule has 5 heavy (non-hydrogen) atoms. The summed E-state index contributed by atoms with van der Waals surface area (Å²) in [5.74, 6) is 0. The van der Waals surface area contributed by atoms with Crippen molar-refractivity contribution in [2.75, 3.05) is 0 Å². The molecule has 0 spiro atoms. The van der Waals surface area contributed by atoms with E-state index in [-0.39, 0.29) is 32.7 Å². The standard InChI is InChI=1S/HIO3.Y/c2-1(3)4;/h2H;. The maximum atomic E-state index is 8.68. The first kappa shape index (κ1) is 9.86. The van der Waals surface area contributed by atoms with Crippen LogP contribution in [0.1, 0.15) is 0 Å². The predicted molar refractivity (Wildman–Crippen MR) is 2.22 cm³/mol. The van der Waals surface area contributed by atoms with Crippen molar-refractivity contribution in [1.82, 2.24) is 0 Å². The molecule has 0 aromatic carbocycles. The second-order valence-electron chi connectivity index (χ2n) is 0.201. The summed E-state index contributed by atoms with van der Waals surface area (Å²) in [6, 6.07) is 0. The normalized spacial score (nSPS) is 7.20. The van der Waals surface area contributed by atoms with Crippen LogP contribution >= 0.6 is 0 Å². The fourth-order valence-corrected chi connectivity index (χ4v) is 0. The first-order valence-electron chi connectivity index (χ1n) is 0.478. The molecule has 0 amide bonds. The van der Waals surface area contributed by atoms with Crippen LogP contribution in [0.5, 0.6) is 0 Å². The van der Waals surface area contributed by atoms with Gasteiger partial charge < -0.3 is 6.87 Å². The maximum absolute atomic E-state index is 8.68. The van der Waals surface area contributed by atoms with E-state index in [2.05, 4.69) is 0 Å². The molecule has 1 radical (unpaired) electrons. The Balaban J connectivity index is 0. The summed E-state index contributed by atoms with van der Waals surface area (Å²) in [6.45, 7) is 0. The molecule has 0 fully saturated rings. The molecule has 0 rings (SSSR count). The molecule has 1 N–H and O–H groups in total. The van der Waals surface area contributed by atoms with Gasteiger partial charge in [0.2, 0.25) is 0 Å². The van der Waals surface area contributed by atoms with Crippen LogP contribution in [0.3, 0.4) is 0 Å². The third-order valence-electron chi connectivity index (χ3n) is 0. The van der Waals surface area contributed by atoms with Gasteiger partial charge in [-0.25, -0.2) is 0 Å². The van der Waals surface area contributed by atoms with Gasteiger partial charge in [0.05, 0.1) is 0 Å². The van der Waals surface area contributed by atoms with Gasteiger partial charge in [0.1, 0.15) is 0 Å². The number of hydrogen-bond donors (Lipinski definition) is 1. The zero-order valence-electron chi connectivity index (χ0n) is 2.22. The second-order valence-corrected chi connectivity index (χ2v) is 1.35. The van der Waals surface area contributed by atoms with Crippen LogP contribution in [0, 0.1) is 0 Å². The molecule has 0 aliphatic carbocycles. The van der Waals surface area contributed by atoms with Crippen LogP contribution in [0.4, 0.5) is 0 Å². The van der Waals surface area contributed by atoms with Crippen molar-refractivity contribution in [3.8, 4) is 0 Å². The Kier molecular flexibility index (Phi) is 11.3. The number of rotatable bonds is 0. The largest absolute Gasteiger partial charge is 0.503 e. The molecule has 0 aliphatic rings. The predicted octanol–water partition coefficient (Wildman–Crippen LogP) is -5.93. The summed E-state index contributed by atoms with van der Waals surface area (Å²) in [5.41, 5.74) is 0. The molecule has 0 aromatic heterocycles. The fraction of sp³-hybridized carbons (Fsp3) is 0. The van der Waals surface area contributed by atoms with Crippen molar-refractivity contribution in [2.24, 2.45) is 0 Å². The Morgan fingerprint density at radius 1 is 1.40 bits per heavy atom. The van der Waals surface area contributed by atoms with Crippen LogP contribution in [0.2, 0.25) is 0 Å². The summed E-state index contributed by atoms with van der Waals surface area (Å²) >= 11 is -3.76. The monoisotopic (exact) mass is 265 g/mol. The molecule has 5 heteroatoms. The van der Waals surface area contributed by atoms with Gasteiger partial charge in [-0.15, -0.1) is 0 Å². The van der Waals surface area contributed by atoms with Gasteiger partial charge in [-0.05, 0) is 3.44 Å². The first-order chi connectivity index (χ1) is 1.73. The average molecular weight is 265 g/mol. The zero-order valence-corrected chi connectivity index (χ0v) is 7.21. The van der Waals surface area contributed by atoms with Crippen LogP contribution in [-0.2, 0) is 32.7 Å². The van der Waals surface area contributed by atoms with Gasteiger partial charge in [-0.2, -0.15) is 0 Å². The summed E-state index contributed by atoms with van der Waals surface area (Å²) in [6.07, 6.45) is 0. The molecule has 3 nitrogen and oxygen atoms in total. The number of halogens is 1. The Morgan fingerprint density at radius 2 is 1.40 bits per heavy atom. The van der Waals surface area contributed by atoms with E-state index >= 15 is 0 Å². The van der Waals surface area contributed by atoms with Gasteiger partial charge in [0.25, 0.3) is 0 Å². The van der Waals surface area contributed by atoms with E-state index in [9.17, 15) is 0 Å². The van der Waals surface area contributed by atoms with Crippen LogP contribution in [-0.4, -0.2) is 3.44 Å². The van der Waals surface area contributed by atoms with Gasteiger partial charge in [0, 0.05) is 32.7 Å². The molecular weight excluding hydrogens is 264 g/mol. The van der Waals surface area contributed by atoms with Crippen molar-refractivity contribution in [3.05, 3.63) is 0 Å². The van der Waals surface area contributed by atoms with Crippen LogP contribution in [0.15, 0.2) is 0 Å². The molecule has 0 atom stereocenters. The molecule has 0 saturated carbocycles. The Morgan fingerprint density at radius 3 is 1.40 bits per heavy atom. The fourth-order valence-electron chi connectivity index (χ4n) is 0. The first-order valence-corrected chi connectivity index (χ1v) is 3.20. The number of hydrogen-bond acceptors (Lipinski definition) is 3. The molecular formula is HIO3Y. The average Bonchev–Trinajstić information content (AvgIpc) is 0.811. The van der Waals surface area contributed by atoms with Crippen molar-refractivity contribution in [3.63, 3.8) is 0 Å². The summed E-state index contributed by atoms with van der Waals surface area (Å²) < 4.78 is 24.5. The van der Waals surface area contributed by atoms with E-state index in [1.165, 1.54) is 0 Å². The summed E-state index contributed by atoms with van der Waals surface area (Å²) in [4.78, 5) is 0. The topological polar surface area (TPSA) is 66.3 Å². The van der Waals surface area contributed by atoms with E-state index in [0.717, 1.165) is 0 Å². The van der Waals surface area contributed by atoms with Gasteiger partial charge in [-0.3, -0.25) is 0 Å². The summed E-state index contributed by atoms with van der Waals surface area (Å²) in [5, 5.41) is 0. The minimum atomic E-state index is -3.76. The molecule has 29 valence electrons. The van der Waals surface area contributed by atoms with Crippen LogP contribution in [0.25, 0.3) is 0 Å². The van der Waals surface area contributed by atoms with Gasteiger partial charge in [-0.1, -0.05) is 0 Å². The molecule has 0 saturated heterocycles. The second kappa shape index (κ2) is 5.71. The van der Waals surface area contributed by atoms with E-state index in [1.807, 2.05) is 0 Å². The van der Waals surface area contributed by atoms with Gasteiger partial charge in [0.15, 0.2) is 0 Å². The molecule has 0 heterocycles. The van der Waals surface area contributed by atoms with Crippen molar-refractivity contribution in [2.45, 2.75) is 0 Å². The molecule has 0 unspecified atom stereocenters. The van der Waals surface area contributed by atoms with Crippen molar-refractivity contribution in [1.29, 1.82) is 0 Å². The van der Waals surface area contributed by atoms with Crippen molar-refractivity contribution < 1.29 is 64.1 Å². The van der Waals surface area contributed by atoms with E-state index in [0.29, 0.717) is 0 Å². The Labute approximate surface area is 63.3 Å². The van der Waals surface area contributed by atoms with E-state index in [1.54, 1.807) is 0 Å². The zero-order chi connectivity index (χ0) is 3.58. The smallest absolute Gasteiger partial charge is 0.396 e. The summed E-state index contributed by atoms with van der Waals surface area (Å²) in [7, 11) is 0. The van der Waals surface area contributed by atoms with Crippen LogP contribution < -0.4 is 27.9 Å². The minimum absolute atomic E-state index is 0. The SMILES string of the molecule is [O-][I+2]([O-])O.[Y]. The van der Waals surface area contributed by atoms with E-state index < -0.39 is 21.1 Å². The van der Waals surface area contributed by atoms with Crippen molar-refractivity contribution >= 4 is 0 Å². The quantitative estimate of drug-likeness (QED) is 0.443. The minimum Gasteiger partial charge on any atom is -0.396 e. The van der Waals surface area contributed by atoms with Gasteiger partial charge >= 0.3 is 21.1 Å². The Hall–Kier alpha value is 1.71. The maximum Gasteiger partial charge on any atom is 0.503 e. The van der Waals surface area contributed by atoms with E-state index in [4.69, 9.17) is 10.3 Å². The third kappa shape index (κ3) is 26.8. The molecule has 0 bridgehead atoms. The molecule has 0 aromatic rings. The third-order valence-corrected chi connectivity index (χ3v) is 0. The Bertz CT molecular complexity index is 11.6.